The second-order valence-electron chi connectivity index (χ2n) is 2.00. The SMILES string of the molecule is CC.CC1CNCC1=O. The molecule has 1 rings (SSSR count). The van der Waals surface area contributed by atoms with Gasteiger partial charge in [-0.1, -0.05) is 20.8 Å². The highest BCUT2D eigenvalue weighted by molar-refractivity contribution is 5.84. The molecule has 1 aliphatic heterocycles. The van der Waals surface area contributed by atoms with Gasteiger partial charge in [0.2, 0.25) is 0 Å². The summed E-state index contributed by atoms with van der Waals surface area (Å²) in [7, 11) is 0. The van der Waals surface area contributed by atoms with Crippen LogP contribution in [0.1, 0.15) is 20.8 Å². The fourth-order valence-corrected chi connectivity index (χ4v) is 0.700. The van der Waals surface area contributed by atoms with Crippen LogP contribution in [0.25, 0.3) is 0 Å². The Bertz CT molecular complexity index is 90.9. The molecule has 0 amide bonds. The Balaban J connectivity index is 0.000000291. The summed E-state index contributed by atoms with van der Waals surface area (Å²) < 4.78 is 0. The maximum atomic E-state index is 10.5. The van der Waals surface area contributed by atoms with Gasteiger partial charge in [0.05, 0.1) is 6.54 Å². The third kappa shape index (κ3) is 2.61. The van der Waals surface area contributed by atoms with Crippen molar-refractivity contribution < 1.29 is 4.79 Å². The van der Waals surface area contributed by atoms with Gasteiger partial charge in [-0.05, 0) is 0 Å². The maximum Gasteiger partial charge on any atom is 0.150 e. The molecule has 1 unspecified atom stereocenters. The van der Waals surface area contributed by atoms with Crippen LogP contribution in [-0.2, 0) is 4.79 Å². The number of Topliss-reactive ketones (excluding diaryl/α,β-unsaturated/α-hetero) is 1. The van der Waals surface area contributed by atoms with E-state index in [4.69, 9.17) is 0 Å². The van der Waals surface area contributed by atoms with Crippen molar-refractivity contribution in [2.45, 2.75) is 20.8 Å². The molecule has 0 saturated carbocycles. The van der Waals surface area contributed by atoms with Gasteiger partial charge in [0.25, 0.3) is 0 Å². The van der Waals surface area contributed by atoms with Gasteiger partial charge in [-0.15, -0.1) is 0 Å². The van der Waals surface area contributed by atoms with Crippen molar-refractivity contribution in [3.8, 4) is 0 Å². The van der Waals surface area contributed by atoms with E-state index in [9.17, 15) is 4.79 Å². The minimum atomic E-state index is 0.264. The lowest BCUT2D eigenvalue weighted by molar-refractivity contribution is -0.119. The Morgan fingerprint density at radius 2 is 2.11 bits per heavy atom. The molecule has 1 aliphatic rings. The summed E-state index contributed by atoms with van der Waals surface area (Å²) in [6.07, 6.45) is 0. The summed E-state index contributed by atoms with van der Waals surface area (Å²) in [4.78, 5) is 10.5. The zero-order valence-corrected chi connectivity index (χ0v) is 6.40. The number of hydrogen-bond donors (Lipinski definition) is 1. The number of ketones is 1. The molecule has 0 bridgehead atoms. The smallest absolute Gasteiger partial charge is 0.150 e. The highest BCUT2D eigenvalue weighted by Crippen LogP contribution is 1.98. The average Bonchev–Trinajstić information content (AvgIpc) is 2.23. The fraction of sp³-hybridized carbons (Fsp3) is 0.857. The van der Waals surface area contributed by atoms with Gasteiger partial charge in [-0.3, -0.25) is 4.79 Å². The van der Waals surface area contributed by atoms with E-state index in [2.05, 4.69) is 5.32 Å². The lowest BCUT2D eigenvalue weighted by Crippen LogP contribution is -2.07. The summed E-state index contributed by atoms with van der Waals surface area (Å²) in [5.74, 6) is 0.611. The van der Waals surface area contributed by atoms with Crippen LogP contribution in [0.2, 0.25) is 0 Å². The van der Waals surface area contributed by atoms with Crippen molar-refractivity contribution in [2.24, 2.45) is 5.92 Å². The zero-order chi connectivity index (χ0) is 7.28. The standard InChI is InChI=1S/C5H9NO.C2H6/c1-4-2-6-3-5(4)7;1-2/h4,6H,2-3H2,1H3;1-2H3. The first-order valence-electron chi connectivity index (χ1n) is 3.54. The van der Waals surface area contributed by atoms with E-state index < -0.39 is 0 Å². The summed E-state index contributed by atoms with van der Waals surface area (Å²) in [5, 5.41) is 2.97. The number of rotatable bonds is 0. The molecule has 0 aromatic carbocycles. The van der Waals surface area contributed by atoms with Crippen molar-refractivity contribution in [1.82, 2.24) is 5.32 Å². The molecular weight excluding hydrogens is 114 g/mol. The molecule has 0 aromatic rings. The molecule has 54 valence electrons. The van der Waals surface area contributed by atoms with Crippen LogP contribution in [0.4, 0.5) is 0 Å². The monoisotopic (exact) mass is 129 g/mol. The molecule has 1 fully saturated rings. The molecule has 0 radical (unpaired) electrons. The Kier molecular flexibility index (Phi) is 4.32. The average molecular weight is 129 g/mol. The summed E-state index contributed by atoms with van der Waals surface area (Å²) >= 11 is 0. The van der Waals surface area contributed by atoms with Gasteiger partial charge >= 0.3 is 0 Å². The van der Waals surface area contributed by atoms with Gasteiger partial charge in [0, 0.05) is 12.5 Å². The molecule has 0 aromatic heterocycles. The van der Waals surface area contributed by atoms with Crippen molar-refractivity contribution in [1.29, 1.82) is 0 Å². The first kappa shape index (κ1) is 8.63. The first-order chi connectivity index (χ1) is 4.30. The van der Waals surface area contributed by atoms with Gasteiger partial charge in [0.1, 0.15) is 0 Å². The first-order valence-corrected chi connectivity index (χ1v) is 3.54. The van der Waals surface area contributed by atoms with E-state index in [0.29, 0.717) is 12.3 Å². The van der Waals surface area contributed by atoms with Crippen LogP contribution in [0.3, 0.4) is 0 Å². The molecule has 0 spiro atoms. The Morgan fingerprint density at radius 3 is 2.22 bits per heavy atom. The van der Waals surface area contributed by atoms with Crippen molar-refractivity contribution in [2.75, 3.05) is 13.1 Å². The second-order valence-corrected chi connectivity index (χ2v) is 2.00. The Morgan fingerprint density at radius 1 is 1.56 bits per heavy atom. The molecule has 1 heterocycles. The van der Waals surface area contributed by atoms with Gasteiger partial charge in [-0.2, -0.15) is 0 Å². The van der Waals surface area contributed by atoms with E-state index in [0.717, 1.165) is 6.54 Å². The topological polar surface area (TPSA) is 29.1 Å². The van der Waals surface area contributed by atoms with Crippen LogP contribution >= 0.6 is 0 Å². The number of nitrogens with one attached hydrogen (secondary N) is 1. The van der Waals surface area contributed by atoms with Gasteiger partial charge < -0.3 is 5.32 Å². The molecule has 1 saturated heterocycles. The predicted molar refractivity (Wildman–Crippen MR) is 38.4 cm³/mol. The lowest BCUT2D eigenvalue weighted by Gasteiger charge is -1.89. The minimum absolute atomic E-state index is 0.264. The third-order valence-electron chi connectivity index (χ3n) is 1.30. The van der Waals surface area contributed by atoms with E-state index in [1.54, 1.807) is 0 Å². The summed E-state index contributed by atoms with van der Waals surface area (Å²) in [6.45, 7) is 7.41. The molecule has 0 aliphatic carbocycles. The van der Waals surface area contributed by atoms with Gasteiger partial charge in [0.15, 0.2) is 5.78 Å². The van der Waals surface area contributed by atoms with Crippen LogP contribution in [0, 0.1) is 5.92 Å². The van der Waals surface area contributed by atoms with Crippen LogP contribution in [-0.4, -0.2) is 18.9 Å². The molecule has 1 N–H and O–H groups in total. The largest absolute Gasteiger partial charge is 0.309 e. The molecular formula is C7H15NO. The van der Waals surface area contributed by atoms with Crippen molar-refractivity contribution in [3.05, 3.63) is 0 Å². The van der Waals surface area contributed by atoms with Crippen LogP contribution in [0.15, 0.2) is 0 Å². The van der Waals surface area contributed by atoms with E-state index in [-0.39, 0.29) is 5.92 Å². The number of carbonyl (C=O) groups excluding carboxylic acids is 1. The number of hydrogen-bond acceptors (Lipinski definition) is 2. The summed E-state index contributed by atoms with van der Waals surface area (Å²) in [6, 6.07) is 0. The fourth-order valence-electron chi connectivity index (χ4n) is 0.700. The van der Waals surface area contributed by atoms with E-state index in [1.807, 2.05) is 20.8 Å². The van der Waals surface area contributed by atoms with Crippen LogP contribution in [0.5, 0.6) is 0 Å². The quantitative estimate of drug-likeness (QED) is 0.524. The Labute approximate surface area is 56.6 Å². The van der Waals surface area contributed by atoms with Crippen molar-refractivity contribution in [3.63, 3.8) is 0 Å². The molecule has 2 heteroatoms. The number of carbonyl (C=O) groups is 1. The predicted octanol–water partition coefficient (Wildman–Crippen LogP) is 0.821. The normalized spacial score (nSPS) is 25.2. The van der Waals surface area contributed by atoms with Gasteiger partial charge in [-0.25, -0.2) is 0 Å². The lowest BCUT2D eigenvalue weighted by atomic mass is 10.1. The maximum absolute atomic E-state index is 10.5. The second kappa shape index (κ2) is 4.50. The minimum Gasteiger partial charge on any atom is -0.309 e. The Hall–Kier alpha value is -0.370. The highest BCUT2D eigenvalue weighted by atomic mass is 16.1. The zero-order valence-electron chi connectivity index (χ0n) is 6.40. The van der Waals surface area contributed by atoms with E-state index in [1.165, 1.54) is 0 Å². The molecule has 2 nitrogen and oxygen atoms in total. The van der Waals surface area contributed by atoms with E-state index >= 15 is 0 Å². The van der Waals surface area contributed by atoms with Crippen LogP contribution < -0.4 is 5.32 Å². The third-order valence-corrected chi connectivity index (χ3v) is 1.30. The molecule has 9 heavy (non-hydrogen) atoms. The van der Waals surface area contributed by atoms with Crippen molar-refractivity contribution >= 4 is 5.78 Å². The molecule has 1 atom stereocenters. The summed E-state index contributed by atoms with van der Waals surface area (Å²) in [5.41, 5.74) is 0. The highest BCUT2D eigenvalue weighted by Gasteiger charge is 2.17.